The van der Waals surface area contributed by atoms with E-state index in [4.69, 9.17) is 10.2 Å². The van der Waals surface area contributed by atoms with Gasteiger partial charge in [0.25, 0.3) is 0 Å². The zero-order valence-electron chi connectivity index (χ0n) is 27.7. The third-order valence-electron chi connectivity index (χ3n) is 5.78. The van der Waals surface area contributed by atoms with Gasteiger partial charge in [-0.15, -0.1) is 0 Å². The van der Waals surface area contributed by atoms with Crippen molar-refractivity contribution in [1.29, 1.82) is 0 Å². The lowest BCUT2D eigenvalue weighted by Crippen LogP contribution is -2.46. The van der Waals surface area contributed by atoms with Crippen molar-refractivity contribution in [2.75, 3.05) is 67.5 Å². The number of piperazine rings is 1. The van der Waals surface area contributed by atoms with Crippen molar-refractivity contribution < 1.29 is 15.3 Å². The maximum Gasteiger partial charge on any atom is 0.103 e. The highest BCUT2D eigenvalue weighted by Gasteiger charge is 2.16. The Morgan fingerprint density at radius 1 is 0.784 bits per heavy atom. The van der Waals surface area contributed by atoms with Gasteiger partial charge in [-0.1, -0.05) is 34.6 Å². The molecule has 0 aromatic rings. The van der Waals surface area contributed by atoms with Crippen LogP contribution in [-0.2, 0) is 0 Å². The zero-order chi connectivity index (χ0) is 30.1. The molecule has 0 aromatic heterocycles. The molecule has 0 bridgehead atoms. The largest absolute Gasteiger partial charge is 0.394 e. The van der Waals surface area contributed by atoms with Gasteiger partial charge < -0.3 is 35.8 Å². The van der Waals surface area contributed by atoms with E-state index in [0.29, 0.717) is 24.5 Å². The van der Waals surface area contributed by atoms with E-state index in [1.165, 1.54) is 13.1 Å². The van der Waals surface area contributed by atoms with Gasteiger partial charge in [-0.3, -0.25) is 4.90 Å². The van der Waals surface area contributed by atoms with Crippen LogP contribution in [0.1, 0.15) is 82.6 Å². The van der Waals surface area contributed by atoms with E-state index < -0.39 is 12.2 Å². The highest BCUT2D eigenvalue weighted by Crippen LogP contribution is 2.02. The molecule has 1 saturated heterocycles. The molecule has 1 heterocycles. The maximum absolute atomic E-state index is 9.31. The van der Waals surface area contributed by atoms with Crippen molar-refractivity contribution in [3.05, 3.63) is 0 Å². The van der Waals surface area contributed by atoms with Crippen LogP contribution in [0.4, 0.5) is 0 Å². The third-order valence-corrected chi connectivity index (χ3v) is 5.78. The molecule has 0 aliphatic carbocycles. The van der Waals surface area contributed by atoms with Crippen molar-refractivity contribution in [3.63, 3.8) is 0 Å². The summed E-state index contributed by atoms with van der Waals surface area (Å²) < 4.78 is 0. The van der Waals surface area contributed by atoms with Gasteiger partial charge in [0.05, 0.1) is 12.7 Å². The Labute approximate surface area is 233 Å². The highest BCUT2D eigenvalue weighted by atomic mass is 16.4. The summed E-state index contributed by atoms with van der Waals surface area (Å²) in [5.41, 5.74) is 0. The van der Waals surface area contributed by atoms with E-state index in [9.17, 15) is 5.11 Å². The van der Waals surface area contributed by atoms with Crippen LogP contribution in [0.15, 0.2) is 0 Å². The molecule has 0 spiro atoms. The van der Waals surface area contributed by atoms with Crippen molar-refractivity contribution >= 4 is 0 Å². The summed E-state index contributed by atoms with van der Waals surface area (Å²) >= 11 is 0. The van der Waals surface area contributed by atoms with Crippen LogP contribution in [0.5, 0.6) is 0 Å². The first kappa shape index (κ1) is 43.7. The molecule has 5 N–H and O–H groups in total. The molecule has 1 aliphatic rings. The second-order valence-corrected chi connectivity index (χ2v) is 11.8. The molecule has 37 heavy (non-hydrogen) atoms. The smallest absolute Gasteiger partial charge is 0.103 e. The van der Waals surface area contributed by atoms with Gasteiger partial charge in [0, 0.05) is 56.9 Å². The Balaban J connectivity index is -0.000000198. The van der Waals surface area contributed by atoms with Gasteiger partial charge in [0.1, 0.15) is 6.10 Å². The van der Waals surface area contributed by atoms with E-state index in [-0.39, 0.29) is 6.61 Å². The first-order chi connectivity index (χ1) is 16.9. The van der Waals surface area contributed by atoms with Crippen molar-refractivity contribution in [1.82, 2.24) is 25.3 Å². The minimum Gasteiger partial charge on any atom is -0.394 e. The number of hydrogen-bond donors (Lipinski definition) is 5. The summed E-state index contributed by atoms with van der Waals surface area (Å²) in [7, 11) is 8.06. The predicted molar refractivity (Wildman–Crippen MR) is 165 cm³/mol. The van der Waals surface area contributed by atoms with Gasteiger partial charge in [-0.05, 0) is 82.1 Å². The third kappa shape index (κ3) is 37.9. The van der Waals surface area contributed by atoms with Crippen molar-refractivity contribution in [2.45, 2.75) is 119 Å². The Bertz CT molecular complexity index is 421. The SMILES string of the molecule is CC(C)C.CC(C)N(C)C.CC(C)N(C)CC[C@H](O)[C@H](O)CO.CC(C)N1CCNCC1.CNC(C)C. The predicted octanol–water partition coefficient (Wildman–Crippen LogP) is 2.96. The zero-order valence-corrected chi connectivity index (χ0v) is 27.7. The maximum atomic E-state index is 9.31. The molecule has 0 saturated carbocycles. The minimum atomic E-state index is -1.01. The monoisotopic (exact) mass is 538 g/mol. The summed E-state index contributed by atoms with van der Waals surface area (Å²) in [4.78, 5) is 6.74. The average molecular weight is 538 g/mol. The molecule has 1 aliphatic heterocycles. The number of nitrogens with one attached hydrogen (secondary N) is 2. The van der Waals surface area contributed by atoms with E-state index in [0.717, 1.165) is 31.6 Å². The van der Waals surface area contributed by atoms with Crippen molar-refractivity contribution in [3.8, 4) is 0 Å². The second-order valence-electron chi connectivity index (χ2n) is 11.8. The lowest BCUT2D eigenvalue weighted by molar-refractivity contribution is -0.0213. The molecule has 1 fully saturated rings. The molecular weight excluding hydrogens is 466 g/mol. The van der Waals surface area contributed by atoms with Gasteiger partial charge in [-0.2, -0.15) is 0 Å². The van der Waals surface area contributed by atoms with Gasteiger partial charge in [0.2, 0.25) is 0 Å². The molecule has 0 aromatic carbocycles. The molecule has 1 rings (SSSR count). The highest BCUT2D eigenvalue weighted by molar-refractivity contribution is 4.70. The number of nitrogens with zero attached hydrogens (tertiary/aromatic N) is 3. The quantitative estimate of drug-likeness (QED) is 0.307. The fourth-order valence-electron chi connectivity index (χ4n) is 2.11. The number of aliphatic hydroxyl groups excluding tert-OH is 3. The summed E-state index contributed by atoms with van der Waals surface area (Å²) in [5.74, 6) is 0.833. The standard InChI is InChI=1S/C9H21NO3.C7H16N2.C5H13N.C4H11N.C4H10/c1-7(2)10(3)5-4-8(12)9(13)6-11;1-7(2)9-5-3-8-4-6-9;1-5(2)6(3)4;1-4(2)5-3;1-4(2)3/h7-9,11-13H,4-6H2,1-3H3;7-8H,3-6H2,1-2H3;5H,1-4H3;4-5H,1-3H3;4H,1-3H3/t8-,9+;;;;/m0..../s1. The summed E-state index contributed by atoms with van der Waals surface area (Å²) in [6, 6.07) is 2.48. The van der Waals surface area contributed by atoms with Crippen LogP contribution in [0.3, 0.4) is 0 Å². The lowest BCUT2D eigenvalue weighted by atomic mass is 10.1. The lowest BCUT2D eigenvalue weighted by Gasteiger charge is -2.30. The Morgan fingerprint density at radius 3 is 1.38 bits per heavy atom. The Hall–Kier alpha value is -0.320. The van der Waals surface area contributed by atoms with Crippen LogP contribution in [0, 0.1) is 5.92 Å². The Kier molecular flexibility index (Phi) is 33.9. The first-order valence-electron chi connectivity index (χ1n) is 14.4. The van der Waals surface area contributed by atoms with Crippen LogP contribution >= 0.6 is 0 Å². The minimum absolute atomic E-state index is 0.382. The number of aliphatic hydroxyl groups is 3. The van der Waals surface area contributed by atoms with Gasteiger partial charge >= 0.3 is 0 Å². The van der Waals surface area contributed by atoms with Crippen LogP contribution in [0.25, 0.3) is 0 Å². The average Bonchev–Trinajstić information content (AvgIpc) is 2.82. The van der Waals surface area contributed by atoms with Gasteiger partial charge in [-0.25, -0.2) is 0 Å². The first-order valence-corrected chi connectivity index (χ1v) is 14.4. The molecule has 0 radical (unpaired) electrons. The van der Waals surface area contributed by atoms with Crippen LogP contribution < -0.4 is 10.6 Å². The summed E-state index contributed by atoms with van der Waals surface area (Å²) in [6.45, 7) is 28.8. The van der Waals surface area contributed by atoms with Crippen LogP contribution in [0.2, 0.25) is 0 Å². The van der Waals surface area contributed by atoms with E-state index in [1.54, 1.807) is 0 Å². The van der Waals surface area contributed by atoms with E-state index in [2.05, 4.69) is 116 Å². The normalized spacial score (nSPS) is 15.5. The van der Waals surface area contributed by atoms with Gasteiger partial charge in [0.15, 0.2) is 0 Å². The fourth-order valence-corrected chi connectivity index (χ4v) is 2.11. The fraction of sp³-hybridized carbons (Fsp3) is 1.00. The van der Waals surface area contributed by atoms with E-state index >= 15 is 0 Å². The molecule has 8 nitrogen and oxygen atoms in total. The molecule has 0 unspecified atom stereocenters. The molecule has 2 atom stereocenters. The molecule has 0 amide bonds. The molecule has 8 heteroatoms. The summed E-state index contributed by atoms with van der Waals surface area (Å²) in [5, 5.41) is 33.3. The summed E-state index contributed by atoms with van der Waals surface area (Å²) in [6.07, 6.45) is -1.36. The molecular formula is C29H71N5O3. The van der Waals surface area contributed by atoms with Crippen molar-refractivity contribution in [2.24, 2.45) is 5.92 Å². The van der Waals surface area contributed by atoms with E-state index in [1.807, 2.05) is 14.1 Å². The number of hydrogen-bond acceptors (Lipinski definition) is 8. The second kappa shape index (κ2) is 28.7. The topological polar surface area (TPSA) is 94.5 Å². The van der Waals surface area contributed by atoms with Crippen LogP contribution in [-0.4, -0.2) is 134 Å². The molecule has 230 valence electrons. The number of rotatable bonds is 9. The Morgan fingerprint density at radius 2 is 1.16 bits per heavy atom.